The van der Waals surface area contributed by atoms with E-state index in [2.05, 4.69) is 10.0 Å². The van der Waals surface area contributed by atoms with Crippen LogP contribution in [0, 0.1) is 0 Å². The zero-order valence-corrected chi connectivity index (χ0v) is 26.2. The van der Waals surface area contributed by atoms with Crippen molar-refractivity contribution in [2.45, 2.75) is 53.3 Å². The quantitative estimate of drug-likeness (QED) is 0.209. The first-order chi connectivity index (χ1) is 21.3. The molecular formula is C29H36N4O10S2. The average molecular weight is 665 g/mol. The van der Waals surface area contributed by atoms with Gasteiger partial charge in [-0.2, -0.15) is 4.31 Å². The summed E-state index contributed by atoms with van der Waals surface area (Å²) in [5.41, 5.74) is -0.894. The van der Waals surface area contributed by atoms with Gasteiger partial charge in [-0.15, -0.1) is 0 Å². The van der Waals surface area contributed by atoms with Crippen LogP contribution in [0.3, 0.4) is 0 Å². The lowest BCUT2D eigenvalue weighted by Crippen LogP contribution is -2.47. The number of benzene rings is 2. The lowest BCUT2D eigenvalue weighted by atomic mass is 9.88. The summed E-state index contributed by atoms with van der Waals surface area (Å²) in [6.07, 6.45) is 1.63. The standard InChI is InChI=1S/C29H36N4O10S2/c1-30-44(38,39)23-6-4-5-22(13-23)42-19-21(34)15-31-20-14-29(43-18-20)9-11-33(12-10-29)45(40,41)26-16-32(17-27(35)36)25-8-3-2-7-24(25)28(26)37/h2-8,13,16,20-21,30-31,34H,9-12,14-15,17-19H2,1H3,(H,35,36)/t20-,21+/m1/s1. The molecule has 0 radical (unpaired) electrons. The molecule has 0 amide bonds. The third-order valence-corrected chi connectivity index (χ3v) is 11.5. The van der Waals surface area contributed by atoms with Crippen LogP contribution in [0.2, 0.25) is 0 Å². The number of rotatable bonds is 12. The highest BCUT2D eigenvalue weighted by Gasteiger charge is 2.45. The van der Waals surface area contributed by atoms with Crippen LogP contribution in [0.25, 0.3) is 10.9 Å². The lowest BCUT2D eigenvalue weighted by Gasteiger charge is -2.38. The number of aliphatic carboxylic acids is 1. The molecule has 2 aliphatic rings. The second kappa shape index (κ2) is 13.2. The number of carbonyl (C=O) groups is 1. The van der Waals surface area contributed by atoms with Crippen molar-refractivity contribution in [1.82, 2.24) is 18.9 Å². The van der Waals surface area contributed by atoms with E-state index in [9.17, 15) is 36.6 Å². The number of aromatic nitrogens is 1. The fourth-order valence-corrected chi connectivity index (χ4v) is 8.09. The second-order valence-electron chi connectivity index (χ2n) is 11.2. The van der Waals surface area contributed by atoms with Crippen molar-refractivity contribution in [3.8, 4) is 5.75 Å². The summed E-state index contributed by atoms with van der Waals surface area (Å²) in [4.78, 5) is 24.2. The lowest BCUT2D eigenvalue weighted by molar-refractivity contribution is -0.137. The monoisotopic (exact) mass is 664 g/mol. The van der Waals surface area contributed by atoms with Crippen LogP contribution in [0.5, 0.6) is 5.75 Å². The van der Waals surface area contributed by atoms with E-state index >= 15 is 0 Å². The van der Waals surface area contributed by atoms with E-state index in [0.717, 1.165) is 6.20 Å². The van der Waals surface area contributed by atoms with Crippen LogP contribution in [0.15, 0.2) is 69.3 Å². The fraction of sp³-hybridized carbons (Fsp3) is 0.448. The van der Waals surface area contributed by atoms with E-state index in [1.165, 1.54) is 34.1 Å². The van der Waals surface area contributed by atoms with Crippen LogP contribution in [-0.4, -0.2) is 99.5 Å². The van der Waals surface area contributed by atoms with Crippen molar-refractivity contribution in [3.63, 3.8) is 0 Å². The van der Waals surface area contributed by atoms with Crippen molar-refractivity contribution in [2.24, 2.45) is 0 Å². The minimum absolute atomic E-state index is 0.0509. The van der Waals surface area contributed by atoms with Gasteiger partial charge in [0.1, 0.15) is 29.9 Å². The van der Waals surface area contributed by atoms with Gasteiger partial charge in [-0.05, 0) is 50.6 Å². The molecule has 45 heavy (non-hydrogen) atoms. The number of hydrogen-bond acceptors (Lipinski definition) is 10. The number of sulfonamides is 2. The van der Waals surface area contributed by atoms with E-state index < -0.39 is 54.6 Å². The highest BCUT2D eigenvalue weighted by atomic mass is 32.2. The number of ether oxygens (including phenoxy) is 2. The van der Waals surface area contributed by atoms with Crippen LogP contribution in [0.4, 0.5) is 0 Å². The topological polar surface area (TPSA) is 194 Å². The third kappa shape index (κ3) is 7.22. The Bertz CT molecular complexity index is 1840. The van der Waals surface area contributed by atoms with Crippen LogP contribution in [-0.2, 0) is 36.1 Å². The largest absolute Gasteiger partial charge is 0.491 e. The molecule has 2 aromatic carbocycles. The summed E-state index contributed by atoms with van der Waals surface area (Å²) < 4.78 is 67.7. The zero-order chi connectivity index (χ0) is 32.4. The molecule has 2 atom stereocenters. The smallest absolute Gasteiger partial charge is 0.323 e. The van der Waals surface area contributed by atoms with Crippen molar-refractivity contribution >= 4 is 36.9 Å². The predicted octanol–water partition coefficient (Wildman–Crippen LogP) is 0.336. The molecule has 0 bridgehead atoms. The van der Waals surface area contributed by atoms with Crippen molar-refractivity contribution in [2.75, 3.05) is 39.9 Å². The molecule has 2 aliphatic heterocycles. The SMILES string of the molecule is CNS(=O)(=O)c1cccc(OC[C@@H](O)CN[C@H]2COC3(CCN(S(=O)(=O)c4cn(CC(=O)O)c5ccccc5c4=O)CC3)C2)c1. The zero-order valence-electron chi connectivity index (χ0n) is 24.6. The number of carboxylic acids is 1. The second-order valence-corrected chi connectivity index (χ2v) is 15.0. The van der Waals surface area contributed by atoms with Crippen molar-refractivity contribution in [3.05, 3.63) is 65.0 Å². The van der Waals surface area contributed by atoms with Crippen molar-refractivity contribution < 1.29 is 41.3 Å². The minimum Gasteiger partial charge on any atom is -0.491 e. The summed E-state index contributed by atoms with van der Waals surface area (Å²) in [5, 5.41) is 23.2. The van der Waals surface area contributed by atoms with Gasteiger partial charge in [-0.25, -0.2) is 21.6 Å². The van der Waals surface area contributed by atoms with E-state index in [4.69, 9.17) is 9.47 Å². The molecule has 5 rings (SSSR count). The van der Waals surface area contributed by atoms with Gasteiger partial charge in [0.2, 0.25) is 25.5 Å². The molecule has 2 fully saturated rings. The summed E-state index contributed by atoms with van der Waals surface area (Å²) >= 11 is 0. The average Bonchev–Trinajstić information content (AvgIpc) is 3.42. The van der Waals surface area contributed by atoms with Crippen LogP contribution >= 0.6 is 0 Å². The van der Waals surface area contributed by atoms with E-state index in [1.807, 2.05) is 0 Å². The van der Waals surface area contributed by atoms with Crippen LogP contribution in [0.1, 0.15) is 19.3 Å². The Morgan fingerprint density at radius 2 is 1.87 bits per heavy atom. The maximum absolute atomic E-state index is 13.6. The Kier molecular flexibility index (Phi) is 9.65. The number of aliphatic hydroxyl groups is 1. The molecule has 14 nitrogen and oxygen atoms in total. The third-order valence-electron chi connectivity index (χ3n) is 8.19. The Morgan fingerprint density at radius 1 is 1.13 bits per heavy atom. The summed E-state index contributed by atoms with van der Waals surface area (Å²) in [6.45, 7) is 0.255. The molecule has 4 N–H and O–H groups in total. The maximum atomic E-state index is 13.6. The number of aliphatic hydroxyl groups excluding tert-OH is 1. The predicted molar refractivity (Wildman–Crippen MR) is 163 cm³/mol. The number of nitrogens with zero attached hydrogens (tertiary/aromatic N) is 2. The molecule has 1 aromatic heterocycles. The molecule has 3 aromatic rings. The summed E-state index contributed by atoms with van der Waals surface area (Å²) in [6, 6.07) is 12.2. The number of nitrogens with one attached hydrogen (secondary N) is 2. The number of para-hydroxylation sites is 1. The van der Waals surface area contributed by atoms with Gasteiger partial charge in [0, 0.05) is 43.3 Å². The van der Waals surface area contributed by atoms with Crippen LogP contribution < -0.4 is 20.2 Å². The number of fused-ring (bicyclic) bond motifs is 1. The number of carboxylic acid groups (broad SMARTS) is 1. The van der Waals surface area contributed by atoms with Gasteiger partial charge in [-0.3, -0.25) is 9.59 Å². The fourth-order valence-electron chi connectivity index (χ4n) is 5.78. The Balaban J connectivity index is 1.16. The van der Waals surface area contributed by atoms with Gasteiger partial charge in [-0.1, -0.05) is 18.2 Å². The number of piperidine rings is 1. The molecule has 16 heteroatoms. The summed E-state index contributed by atoms with van der Waals surface area (Å²) in [5.74, 6) is -0.860. The first-order valence-corrected chi connectivity index (χ1v) is 17.3. The molecule has 0 aliphatic carbocycles. The van der Waals surface area contributed by atoms with Gasteiger partial charge in [0.15, 0.2) is 0 Å². The highest BCUT2D eigenvalue weighted by Crippen LogP contribution is 2.37. The first kappa shape index (κ1) is 33.0. The normalized spacial score (nSPS) is 19.6. The van der Waals surface area contributed by atoms with Gasteiger partial charge in [0.05, 0.1) is 22.6 Å². The van der Waals surface area contributed by atoms with Gasteiger partial charge < -0.3 is 29.6 Å². The number of pyridine rings is 1. The first-order valence-electron chi connectivity index (χ1n) is 14.4. The molecule has 0 unspecified atom stereocenters. The molecule has 2 saturated heterocycles. The van der Waals surface area contributed by atoms with E-state index in [1.54, 1.807) is 30.3 Å². The molecule has 244 valence electrons. The molecule has 1 spiro atoms. The van der Waals surface area contributed by atoms with E-state index in [-0.39, 0.29) is 42.6 Å². The molecule has 3 heterocycles. The Morgan fingerprint density at radius 3 is 2.58 bits per heavy atom. The minimum atomic E-state index is -4.21. The maximum Gasteiger partial charge on any atom is 0.323 e. The highest BCUT2D eigenvalue weighted by molar-refractivity contribution is 7.89. The van der Waals surface area contributed by atoms with Gasteiger partial charge >= 0.3 is 5.97 Å². The Hall–Kier alpha value is -3.38. The Labute approximate surface area is 260 Å². The number of hydrogen-bond donors (Lipinski definition) is 4. The molecular weight excluding hydrogens is 628 g/mol. The van der Waals surface area contributed by atoms with Gasteiger partial charge in [0.25, 0.3) is 0 Å². The molecule has 0 saturated carbocycles. The summed E-state index contributed by atoms with van der Waals surface area (Å²) in [7, 11) is -6.52. The van der Waals surface area contributed by atoms with Crippen molar-refractivity contribution in [1.29, 1.82) is 0 Å². The van der Waals surface area contributed by atoms with E-state index in [0.29, 0.717) is 37.1 Å².